The molecular formula is C20H19BrCl2N2O3. The fraction of sp³-hybridized carbons (Fsp3) is 0.300. The molecule has 2 aromatic rings. The van der Waals surface area contributed by atoms with Gasteiger partial charge in [-0.15, -0.1) is 0 Å². The highest BCUT2D eigenvalue weighted by atomic mass is 79.9. The second-order valence-corrected chi connectivity index (χ2v) is 8.52. The van der Waals surface area contributed by atoms with E-state index < -0.39 is 6.09 Å². The van der Waals surface area contributed by atoms with Gasteiger partial charge in [0.25, 0.3) is 5.91 Å². The molecule has 28 heavy (non-hydrogen) atoms. The van der Waals surface area contributed by atoms with Gasteiger partial charge in [-0.25, -0.2) is 4.79 Å². The van der Waals surface area contributed by atoms with Crippen molar-refractivity contribution in [3.05, 3.63) is 68.1 Å². The van der Waals surface area contributed by atoms with Crippen LogP contribution in [0.15, 0.2) is 46.9 Å². The van der Waals surface area contributed by atoms with Crippen LogP contribution in [0.3, 0.4) is 0 Å². The molecule has 8 heteroatoms. The molecule has 0 unspecified atom stereocenters. The van der Waals surface area contributed by atoms with E-state index in [1.54, 1.807) is 36.2 Å². The van der Waals surface area contributed by atoms with Crippen LogP contribution in [0, 0.1) is 0 Å². The molecule has 0 aliphatic carbocycles. The number of nitrogens with zero attached hydrogens (tertiary/aromatic N) is 2. The lowest BCUT2D eigenvalue weighted by molar-refractivity contribution is 0.0591. The van der Waals surface area contributed by atoms with Gasteiger partial charge in [-0.2, -0.15) is 0 Å². The average Bonchev–Trinajstić information content (AvgIpc) is 2.69. The van der Waals surface area contributed by atoms with Crippen molar-refractivity contribution in [2.75, 3.05) is 20.1 Å². The monoisotopic (exact) mass is 484 g/mol. The number of likely N-dealkylation sites (N-methyl/N-ethyl adjacent to an activating group) is 1. The van der Waals surface area contributed by atoms with Crippen LogP contribution in [-0.4, -0.2) is 53.1 Å². The summed E-state index contributed by atoms with van der Waals surface area (Å²) in [7, 11) is 1.76. The van der Waals surface area contributed by atoms with Crippen molar-refractivity contribution in [1.82, 2.24) is 9.80 Å². The minimum Gasteiger partial charge on any atom is -0.465 e. The largest absolute Gasteiger partial charge is 0.465 e. The minimum absolute atomic E-state index is 0.105. The molecule has 0 spiro atoms. The lowest BCUT2D eigenvalue weighted by Crippen LogP contribution is -2.51. The smallest absolute Gasteiger partial charge is 0.407 e. The summed E-state index contributed by atoms with van der Waals surface area (Å²) >= 11 is 15.6. The van der Waals surface area contributed by atoms with Gasteiger partial charge < -0.3 is 14.9 Å². The van der Waals surface area contributed by atoms with Gasteiger partial charge in [0.05, 0.1) is 10.0 Å². The van der Waals surface area contributed by atoms with Gasteiger partial charge in [0.1, 0.15) is 0 Å². The number of carbonyl (C=O) groups excluding carboxylic acids is 1. The topological polar surface area (TPSA) is 60.9 Å². The third-order valence-corrected chi connectivity index (χ3v) is 6.40. The van der Waals surface area contributed by atoms with Crippen LogP contribution >= 0.6 is 39.1 Å². The normalized spacial score (nSPS) is 19.4. The number of piperidine rings is 1. The predicted octanol–water partition coefficient (Wildman–Crippen LogP) is 5.36. The van der Waals surface area contributed by atoms with E-state index in [9.17, 15) is 14.7 Å². The van der Waals surface area contributed by atoms with Crippen molar-refractivity contribution < 1.29 is 14.7 Å². The molecule has 2 aromatic carbocycles. The van der Waals surface area contributed by atoms with Crippen molar-refractivity contribution in [1.29, 1.82) is 0 Å². The standard InChI is InChI=1S/C20H19BrCl2N2O3/c1-24(19(26)12-2-5-14(21)6-3-12)18-8-9-25(20(27)28)11-15(18)13-4-7-16(22)17(23)10-13/h2-7,10,15,18H,8-9,11H2,1H3,(H,27,28)/t15-,18+/m0/s1. The minimum atomic E-state index is -0.967. The summed E-state index contributed by atoms with van der Waals surface area (Å²) in [4.78, 5) is 27.6. The molecule has 0 saturated carbocycles. The maximum absolute atomic E-state index is 13.0. The Labute approximate surface area is 182 Å². The third-order valence-electron chi connectivity index (χ3n) is 5.13. The molecule has 1 N–H and O–H groups in total. The van der Waals surface area contributed by atoms with E-state index in [1.165, 1.54) is 4.90 Å². The molecule has 5 nitrogen and oxygen atoms in total. The summed E-state index contributed by atoms with van der Waals surface area (Å²) in [5.74, 6) is -0.310. The summed E-state index contributed by atoms with van der Waals surface area (Å²) in [6.07, 6.45) is -0.430. The molecule has 2 atom stereocenters. The van der Waals surface area contributed by atoms with Gasteiger partial charge in [-0.05, 0) is 48.4 Å². The van der Waals surface area contributed by atoms with Gasteiger partial charge in [0.2, 0.25) is 0 Å². The first-order valence-corrected chi connectivity index (χ1v) is 10.3. The van der Waals surface area contributed by atoms with Crippen molar-refractivity contribution in [3.63, 3.8) is 0 Å². The lowest BCUT2D eigenvalue weighted by atomic mass is 9.85. The predicted molar refractivity (Wildman–Crippen MR) is 113 cm³/mol. The molecule has 1 heterocycles. The van der Waals surface area contributed by atoms with Crippen LogP contribution in [0.1, 0.15) is 28.3 Å². The summed E-state index contributed by atoms with van der Waals surface area (Å²) in [6.45, 7) is 0.658. The summed E-state index contributed by atoms with van der Waals surface area (Å²) < 4.78 is 0.898. The lowest BCUT2D eigenvalue weighted by Gasteiger charge is -2.42. The molecule has 1 aliphatic rings. The molecule has 1 aliphatic heterocycles. The van der Waals surface area contributed by atoms with Crippen LogP contribution in [0.5, 0.6) is 0 Å². The van der Waals surface area contributed by atoms with Gasteiger partial charge in [-0.1, -0.05) is 45.2 Å². The maximum atomic E-state index is 13.0. The zero-order valence-corrected chi connectivity index (χ0v) is 18.2. The average molecular weight is 486 g/mol. The fourth-order valence-corrected chi connectivity index (χ4v) is 4.17. The van der Waals surface area contributed by atoms with E-state index >= 15 is 0 Å². The van der Waals surface area contributed by atoms with Crippen molar-refractivity contribution in [3.8, 4) is 0 Å². The molecule has 0 bridgehead atoms. The second-order valence-electron chi connectivity index (χ2n) is 6.79. The van der Waals surface area contributed by atoms with Crippen molar-refractivity contribution in [2.24, 2.45) is 0 Å². The summed E-state index contributed by atoms with van der Waals surface area (Å²) in [5, 5.41) is 10.3. The highest BCUT2D eigenvalue weighted by Crippen LogP contribution is 2.34. The Morgan fingerprint density at radius 1 is 1.14 bits per heavy atom. The number of amides is 2. The van der Waals surface area contributed by atoms with E-state index in [-0.39, 0.29) is 24.4 Å². The summed E-state index contributed by atoms with van der Waals surface area (Å²) in [6, 6.07) is 12.3. The molecule has 0 radical (unpaired) electrons. The van der Waals surface area contributed by atoms with Gasteiger partial charge in [0, 0.05) is 42.1 Å². The van der Waals surface area contributed by atoms with Crippen molar-refractivity contribution >= 4 is 51.1 Å². The van der Waals surface area contributed by atoms with E-state index in [1.807, 2.05) is 18.2 Å². The summed E-state index contributed by atoms with van der Waals surface area (Å²) in [5.41, 5.74) is 1.44. The number of carboxylic acid groups (broad SMARTS) is 1. The van der Waals surface area contributed by atoms with Crippen LogP contribution in [0.25, 0.3) is 0 Å². The van der Waals surface area contributed by atoms with E-state index in [0.29, 0.717) is 28.6 Å². The van der Waals surface area contributed by atoms with Crippen molar-refractivity contribution in [2.45, 2.75) is 18.4 Å². The van der Waals surface area contributed by atoms with Crippen LogP contribution < -0.4 is 0 Å². The Balaban J connectivity index is 1.91. The number of likely N-dealkylation sites (tertiary alicyclic amines) is 1. The Kier molecular flexibility index (Phi) is 6.53. The third kappa shape index (κ3) is 4.45. The molecule has 1 saturated heterocycles. The second kappa shape index (κ2) is 8.72. The highest BCUT2D eigenvalue weighted by Gasteiger charge is 2.36. The van der Waals surface area contributed by atoms with E-state index in [2.05, 4.69) is 15.9 Å². The molecule has 3 rings (SSSR count). The Hall–Kier alpha value is -1.76. The highest BCUT2D eigenvalue weighted by molar-refractivity contribution is 9.10. The Morgan fingerprint density at radius 3 is 2.43 bits per heavy atom. The van der Waals surface area contributed by atoms with Crippen LogP contribution in [-0.2, 0) is 0 Å². The number of hydrogen-bond donors (Lipinski definition) is 1. The number of carbonyl (C=O) groups is 2. The molecule has 1 fully saturated rings. The van der Waals surface area contributed by atoms with Crippen LogP contribution in [0.2, 0.25) is 10.0 Å². The number of benzene rings is 2. The SMILES string of the molecule is CN(C(=O)c1ccc(Br)cc1)[C@@H]1CCN(C(=O)O)C[C@H]1c1ccc(Cl)c(Cl)c1. The number of hydrogen-bond acceptors (Lipinski definition) is 2. The van der Waals surface area contributed by atoms with Gasteiger partial charge >= 0.3 is 6.09 Å². The van der Waals surface area contributed by atoms with Gasteiger partial charge in [0.15, 0.2) is 0 Å². The molecule has 0 aromatic heterocycles. The Bertz CT molecular complexity index is 892. The number of rotatable bonds is 3. The molecule has 2 amide bonds. The fourth-order valence-electron chi connectivity index (χ4n) is 3.59. The first-order valence-electron chi connectivity index (χ1n) is 8.73. The van der Waals surface area contributed by atoms with E-state index in [4.69, 9.17) is 23.2 Å². The zero-order valence-electron chi connectivity index (χ0n) is 15.1. The molecular weight excluding hydrogens is 467 g/mol. The maximum Gasteiger partial charge on any atom is 0.407 e. The zero-order chi connectivity index (χ0) is 20.4. The van der Waals surface area contributed by atoms with Gasteiger partial charge in [-0.3, -0.25) is 4.79 Å². The van der Waals surface area contributed by atoms with E-state index in [0.717, 1.165) is 10.0 Å². The molecule has 148 valence electrons. The quantitative estimate of drug-likeness (QED) is 0.636. The van der Waals surface area contributed by atoms with Crippen LogP contribution in [0.4, 0.5) is 4.79 Å². The first kappa shape index (κ1) is 21.0. The number of halogens is 3. The Morgan fingerprint density at radius 2 is 1.82 bits per heavy atom. The first-order chi connectivity index (χ1) is 13.3.